The molecule has 0 heterocycles. The van der Waals surface area contributed by atoms with Gasteiger partial charge in [0, 0.05) is 0 Å². The molecule has 21 heavy (non-hydrogen) atoms. The maximum Gasteiger partial charge on any atom is 0.165 e. The summed E-state index contributed by atoms with van der Waals surface area (Å²) in [6.07, 6.45) is 2.90. The number of halogens is 1. The first kappa shape index (κ1) is 14.1. The average molecular weight is 286 g/mol. The van der Waals surface area contributed by atoms with E-state index in [1.165, 1.54) is 38.0 Å². The van der Waals surface area contributed by atoms with Crippen molar-refractivity contribution in [2.24, 2.45) is 0 Å². The zero-order valence-corrected chi connectivity index (χ0v) is 12.1. The van der Waals surface area contributed by atoms with Crippen molar-refractivity contribution in [3.8, 4) is 5.75 Å². The van der Waals surface area contributed by atoms with E-state index in [9.17, 15) is 9.50 Å². The van der Waals surface area contributed by atoms with Gasteiger partial charge >= 0.3 is 0 Å². The highest BCUT2D eigenvalue weighted by Gasteiger charge is 2.21. The molecule has 0 aromatic heterocycles. The van der Waals surface area contributed by atoms with E-state index in [0.717, 1.165) is 5.56 Å². The predicted octanol–water partition coefficient (Wildman–Crippen LogP) is 4.18. The van der Waals surface area contributed by atoms with Crippen LogP contribution in [0.3, 0.4) is 0 Å². The minimum atomic E-state index is -0.814. The molecule has 1 atom stereocenters. The van der Waals surface area contributed by atoms with Crippen LogP contribution >= 0.6 is 0 Å². The second-order valence-corrected chi connectivity index (χ2v) is 5.59. The second kappa shape index (κ2) is 5.86. The fraction of sp³-hybridized carbons (Fsp3) is 0.333. The molecule has 3 rings (SSSR count). The lowest BCUT2D eigenvalue weighted by Gasteiger charge is -2.26. The van der Waals surface area contributed by atoms with E-state index < -0.39 is 11.9 Å². The van der Waals surface area contributed by atoms with E-state index in [0.29, 0.717) is 11.5 Å². The first-order valence-corrected chi connectivity index (χ1v) is 7.30. The summed E-state index contributed by atoms with van der Waals surface area (Å²) in [5.41, 5.74) is 2.62. The molecular formula is C18H19FO2. The third kappa shape index (κ3) is 2.79. The minimum Gasteiger partial charge on any atom is -0.494 e. The van der Waals surface area contributed by atoms with E-state index in [2.05, 4.69) is 6.07 Å². The Bertz CT molecular complexity index is 635. The van der Waals surface area contributed by atoms with Crippen molar-refractivity contribution in [3.63, 3.8) is 0 Å². The molecule has 2 aromatic rings. The molecule has 1 unspecified atom stereocenters. The van der Waals surface area contributed by atoms with Crippen molar-refractivity contribution >= 4 is 0 Å². The Balaban J connectivity index is 1.87. The Kier molecular flexibility index (Phi) is 3.93. The quantitative estimate of drug-likeness (QED) is 0.913. The van der Waals surface area contributed by atoms with Gasteiger partial charge in [-0.15, -0.1) is 0 Å². The first-order valence-electron chi connectivity index (χ1n) is 7.30. The Hall–Kier alpha value is -1.87. The van der Waals surface area contributed by atoms with Gasteiger partial charge in [-0.05, 0) is 47.6 Å². The maximum atomic E-state index is 13.8. The van der Waals surface area contributed by atoms with Gasteiger partial charge in [-0.25, -0.2) is 4.39 Å². The van der Waals surface area contributed by atoms with Crippen molar-refractivity contribution in [2.45, 2.75) is 31.3 Å². The number of ether oxygens (including phenoxy) is 1. The minimum absolute atomic E-state index is 0.189. The van der Waals surface area contributed by atoms with Gasteiger partial charge in [-0.2, -0.15) is 0 Å². The molecule has 1 aliphatic carbocycles. The summed E-state index contributed by atoms with van der Waals surface area (Å²) < 4.78 is 18.7. The third-order valence-corrected chi connectivity index (χ3v) is 4.29. The normalized spacial score (nSPS) is 16.3. The van der Waals surface area contributed by atoms with Crippen LogP contribution in [0.5, 0.6) is 5.75 Å². The van der Waals surface area contributed by atoms with Crippen LogP contribution < -0.4 is 4.74 Å². The molecule has 0 saturated heterocycles. The van der Waals surface area contributed by atoms with Crippen LogP contribution in [0.1, 0.15) is 48.0 Å². The Labute approximate surface area is 124 Å². The summed E-state index contributed by atoms with van der Waals surface area (Å²) in [7, 11) is 1.43. The molecule has 1 N–H and O–H groups in total. The maximum absolute atomic E-state index is 13.8. The molecule has 2 nitrogen and oxygen atoms in total. The van der Waals surface area contributed by atoms with E-state index in [1.54, 1.807) is 12.1 Å². The summed E-state index contributed by atoms with van der Waals surface area (Å²) in [5, 5.41) is 10.5. The molecule has 2 aromatic carbocycles. The van der Waals surface area contributed by atoms with Crippen LogP contribution in [0, 0.1) is 5.82 Å². The summed E-state index contributed by atoms with van der Waals surface area (Å²) >= 11 is 0. The van der Waals surface area contributed by atoms with Gasteiger partial charge in [-0.3, -0.25) is 0 Å². The fourth-order valence-electron chi connectivity index (χ4n) is 2.77. The Morgan fingerprint density at radius 1 is 1.14 bits per heavy atom. The number of aliphatic hydroxyl groups excluding tert-OH is 1. The molecular weight excluding hydrogens is 267 g/mol. The van der Waals surface area contributed by atoms with Gasteiger partial charge in [0.1, 0.15) is 6.10 Å². The van der Waals surface area contributed by atoms with E-state index in [1.807, 2.05) is 18.2 Å². The lowest BCUT2D eigenvalue weighted by Crippen LogP contribution is -2.09. The van der Waals surface area contributed by atoms with Crippen LogP contribution in [-0.4, -0.2) is 12.2 Å². The zero-order chi connectivity index (χ0) is 14.8. The summed E-state index contributed by atoms with van der Waals surface area (Å²) in [6.45, 7) is 0. The number of hydrogen-bond donors (Lipinski definition) is 1. The number of aliphatic hydroxyl groups is 1. The number of methoxy groups -OCH3 is 1. The van der Waals surface area contributed by atoms with Gasteiger partial charge in [0.15, 0.2) is 11.6 Å². The van der Waals surface area contributed by atoms with Gasteiger partial charge in [0.05, 0.1) is 7.11 Å². The van der Waals surface area contributed by atoms with Crippen LogP contribution in [0.2, 0.25) is 0 Å². The van der Waals surface area contributed by atoms with Gasteiger partial charge in [0.25, 0.3) is 0 Å². The zero-order valence-electron chi connectivity index (χ0n) is 12.1. The highest BCUT2D eigenvalue weighted by atomic mass is 19.1. The molecule has 0 spiro atoms. The first-order chi connectivity index (χ1) is 10.2. The molecule has 0 amide bonds. The van der Waals surface area contributed by atoms with Crippen LogP contribution in [0.25, 0.3) is 0 Å². The fourth-order valence-corrected chi connectivity index (χ4v) is 2.77. The molecule has 110 valence electrons. The van der Waals surface area contributed by atoms with Gasteiger partial charge in [0.2, 0.25) is 0 Å². The van der Waals surface area contributed by atoms with Crippen LogP contribution in [0.15, 0.2) is 42.5 Å². The van der Waals surface area contributed by atoms with Crippen LogP contribution in [-0.2, 0) is 0 Å². The molecule has 0 aliphatic heterocycles. The molecule has 1 saturated carbocycles. The van der Waals surface area contributed by atoms with Crippen molar-refractivity contribution in [3.05, 3.63) is 65.0 Å². The highest BCUT2D eigenvalue weighted by Crippen LogP contribution is 2.37. The molecule has 1 aliphatic rings. The Morgan fingerprint density at radius 3 is 2.52 bits per heavy atom. The van der Waals surface area contributed by atoms with Gasteiger partial charge in [-0.1, -0.05) is 36.8 Å². The van der Waals surface area contributed by atoms with Crippen molar-refractivity contribution < 1.29 is 14.2 Å². The highest BCUT2D eigenvalue weighted by molar-refractivity contribution is 5.37. The topological polar surface area (TPSA) is 29.5 Å². The summed E-state index contributed by atoms with van der Waals surface area (Å²) in [6, 6.07) is 12.6. The molecule has 0 bridgehead atoms. The van der Waals surface area contributed by atoms with E-state index in [4.69, 9.17) is 4.74 Å². The number of rotatable bonds is 4. The summed E-state index contributed by atoms with van der Waals surface area (Å²) in [5.74, 6) is 0.350. The molecule has 3 heteroatoms. The number of hydrogen-bond acceptors (Lipinski definition) is 2. The average Bonchev–Trinajstić information content (AvgIpc) is 2.45. The monoisotopic (exact) mass is 286 g/mol. The third-order valence-electron chi connectivity index (χ3n) is 4.29. The van der Waals surface area contributed by atoms with Crippen molar-refractivity contribution in [1.29, 1.82) is 0 Å². The lowest BCUT2D eigenvalue weighted by molar-refractivity contribution is 0.219. The van der Waals surface area contributed by atoms with Crippen LogP contribution in [0.4, 0.5) is 4.39 Å². The van der Waals surface area contributed by atoms with Crippen molar-refractivity contribution in [2.75, 3.05) is 7.11 Å². The number of benzene rings is 2. The predicted molar refractivity (Wildman–Crippen MR) is 80.0 cm³/mol. The SMILES string of the molecule is COc1ccc(C(O)c2cccc(C3CCC3)c2)cc1F. The summed E-state index contributed by atoms with van der Waals surface area (Å²) in [4.78, 5) is 0. The standard InChI is InChI=1S/C18H19FO2/c1-21-17-9-8-15(11-16(17)19)18(20)14-7-3-6-13(10-14)12-4-2-5-12/h3,6-12,18,20H,2,4-5H2,1H3. The lowest BCUT2D eigenvalue weighted by atomic mass is 9.79. The second-order valence-electron chi connectivity index (χ2n) is 5.59. The van der Waals surface area contributed by atoms with Gasteiger partial charge < -0.3 is 9.84 Å². The smallest absolute Gasteiger partial charge is 0.165 e. The van der Waals surface area contributed by atoms with Crippen molar-refractivity contribution in [1.82, 2.24) is 0 Å². The molecule has 1 fully saturated rings. The molecule has 0 radical (unpaired) electrons. The largest absolute Gasteiger partial charge is 0.494 e. The Morgan fingerprint density at radius 2 is 1.90 bits per heavy atom. The van der Waals surface area contributed by atoms with E-state index in [-0.39, 0.29) is 5.75 Å². The van der Waals surface area contributed by atoms with E-state index >= 15 is 0 Å².